The number of rotatable bonds is 0. The average molecular weight is 168 g/mol. The van der Waals surface area contributed by atoms with Gasteiger partial charge in [-0.25, -0.2) is 0 Å². The average Bonchev–Trinajstić information content (AvgIpc) is 2.49. The monoisotopic (exact) mass is 168 g/mol. The van der Waals surface area contributed by atoms with Gasteiger partial charge in [-0.05, 0) is 19.4 Å². The van der Waals surface area contributed by atoms with Gasteiger partial charge in [0, 0.05) is 32.6 Å². The third kappa shape index (κ3) is 1.33. The largest absolute Gasteiger partial charge is 0.340 e. The van der Waals surface area contributed by atoms with Crippen LogP contribution in [-0.4, -0.2) is 47.9 Å². The fourth-order valence-corrected chi connectivity index (χ4v) is 2.28. The topological polar surface area (TPSA) is 23.6 Å². The molecule has 0 aromatic carbocycles. The van der Waals surface area contributed by atoms with E-state index in [1.54, 1.807) is 6.92 Å². The lowest BCUT2D eigenvalue weighted by atomic mass is 10.1. The second kappa shape index (κ2) is 3.05. The Bertz CT molecular complexity index is 193. The second-order valence-corrected chi connectivity index (χ2v) is 3.80. The van der Waals surface area contributed by atoms with Gasteiger partial charge < -0.3 is 4.90 Å². The van der Waals surface area contributed by atoms with Crippen LogP contribution in [0.3, 0.4) is 0 Å². The van der Waals surface area contributed by atoms with Crippen molar-refractivity contribution in [2.24, 2.45) is 0 Å². The quantitative estimate of drug-likeness (QED) is 0.520. The zero-order valence-electron chi connectivity index (χ0n) is 7.62. The number of carbonyl (C=O) groups is 1. The van der Waals surface area contributed by atoms with Gasteiger partial charge in [0.05, 0.1) is 0 Å². The molecule has 1 unspecified atom stereocenters. The number of nitrogens with zero attached hydrogens (tertiary/aromatic N) is 2. The van der Waals surface area contributed by atoms with E-state index in [-0.39, 0.29) is 5.91 Å². The molecule has 1 amide bonds. The number of carbonyl (C=O) groups excluding carboxylic acids is 1. The molecular weight excluding hydrogens is 152 g/mol. The van der Waals surface area contributed by atoms with E-state index >= 15 is 0 Å². The smallest absolute Gasteiger partial charge is 0.219 e. The van der Waals surface area contributed by atoms with Crippen molar-refractivity contribution in [2.75, 3.05) is 26.2 Å². The van der Waals surface area contributed by atoms with Crippen LogP contribution in [0.1, 0.15) is 19.8 Å². The second-order valence-electron chi connectivity index (χ2n) is 3.80. The molecule has 0 spiro atoms. The normalized spacial score (nSPS) is 30.4. The van der Waals surface area contributed by atoms with Crippen LogP contribution in [0.5, 0.6) is 0 Å². The van der Waals surface area contributed by atoms with E-state index in [1.807, 2.05) is 4.90 Å². The van der Waals surface area contributed by atoms with E-state index in [4.69, 9.17) is 0 Å². The number of hydrogen-bond donors (Lipinski definition) is 0. The summed E-state index contributed by atoms with van der Waals surface area (Å²) >= 11 is 0. The number of fused-ring (bicyclic) bond motifs is 1. The first-order chi connectivity index (χ1) is 5.77. The summed E-state index contributed by atoms with van der Waals surface area (Å²) in [5.74, 6) is 0.238. The summed E-state index contributed by atoms with van der Waals surface area (Å²) in [5, 5.41) is 0. The first kappa shape index (κ1) is 8.05. The van der Waals surface area contributed by atoms with Gasteiger partial charge in [-0.15, -0.1) is 0 Å². The van der Waals surface area contributed by atoms with E-state index in [0.717, 1.165) is 19.6 Å². The summed E-state index contributed by atoms with van der Waals surface area (Å²) in [4.78, 5) is 15.6. The maximum atomic E-state index is 11.1. The standard InChI is InChI=1S/C9H16N2O/c1-8(12)11-6-5-10-4-2-3-9(10)7-11/h9H,2-7H2,1H3. The highest BCUT2D eigenvalue weighted by Crippen LogP contribution is 2.21. The van der Waals surface area contributed by atoms with Crippen LogP contribution in [0.15, 0.2) is 0 Å². The fraction of sp³-hybridized carbons (Fsp3) is 0.889. The maximum Gasteiger partial charge on any atom is 0.219 e. The van der Waals surface area contributed by atoms with Crippen LogP contribution in [0.2, 0.25) is 0 Å². The Hall–Kier alpha value is -0.570. The number of piperazine rings is 1. The zero-order valence-corrected chi connectivity index (χ0v) is 7.62. The highest BCUT2D eigenvalue weighted by atomic mass is 16.2. The molecule has 68 valence electrons. The van der Waals surface area contributed by atoms with Gasteiger partial charge >= 0.3 is 0 Å². The van der Waals surface area contributed by atoms with Gasteiger partial charge in [0.25, 0.3) is 0 Å². The summed E-state index contributed by atoms with van der Waals surface area (Å²) < 4.78 is 0. The van der Waals surface area contributed by atoms with E-state index in [0.29, 0.717) is 6.04 Å². The van der Waals surface area contributed by atoms with Crippen molar-refractivity contribution >= 4 is 5.91 Å². The van der Waals surface area contributed by atoms with Gasteiger partial charge in [-0.3, -0.25) is 9.69 Å². The molecule has 0 aromatic heterocycles. The molecule has 2 aliphatic rings. The van der Waals surface area contributed by atoms with Crippen LogP contribution in [0.4, 0.5) is 0 Å². The first-order valence-corrected chi connectivity index (χ1v) is 4.77. The predicted octanol–water partition coefficient (Wildman–Crippen LogP) is 0.313. The lowest BCUT2D eigenvalue weighted by Crippen LogP contribution is -2.51. The first-order valence-electron chi connectivity index (χ1n) is 4.77. The van der Waals surface area contributed by atoms with E-state index in [1.165, 1.54) is 19.4 Å². The Kier molecular flexibility index (Phi) is 2.05. The minimum Gasteiger partial charge on any atom is -0.340 e. The van der Waals surface area contributed by atoms with Crippen molar-refractivity contribution in [2.45, 2.75) is 25.8 Å². The van der Waals surface area contributed by atoms with Gasteiger partial charge in [0.1, 0.15) is 0 Å². The van der Waals surface area contributed by atoms with Crippen molar-refractivity contribution in [1.29, 1.82) is 0 Å². The minimum atomic E-state index is 0.238. The highest BCUT2D eigenvalue weighted by Gasteiger charge is 2.31. The molecule has 2 aliphatic heterocycles. The molecule has 0 N–H and O–H groups in total. The molecule has 1 atom stereocenters. The van der Waals surface area contributed by atoms with Crippen LogP contribution in [0.25, 0.3) is 0 Å². The van der Waals surface area contributed by atoms with Crippen LogP contribution >= 0.6 is 0 Å². The lowest BCUT2D eigenvalue weighted by molar-refractivity contribution is -0.131. The van der Waals surface area contributed by atoms with Gasteiger partial charge in [0.15, 0.2) is 0 Å². The predicted molar refractivity (Wildman–Crippen MR) is 46.8 cm³/mol. The Balaban J connectivity index is 1.96. The Morgan fingerprint density at radius 2 is 2.17 bits per heavy atom. The van der Waals surface area contributed by atoms with Crippen LogP contribution < -0.4 is 0 Å². The third-order valence-electron chi connectivity index (χ3n) is 3.03. The van der Waals surface area contributed by atoms with E-state index < -0.39 is 0 Å². The molecule has 0 radical (unpaired) electrons. The molecule has 0 saturated carbocycles. The van der Waals surface area contributed by atoms with E-state index in [9.17, 15) is 4.79 Å². The summed E-state index contributed by atoms with van der Waals surface area (Å²) in [7, 11) is 0. The van der Waals surface area contributed by atoms with Crippen LogP contribution in [-0.2, 0) is 4.79 Å². The zero-order chi connectivity index (χ0) is 8.55. The third-order valence-corrected chi connectivity index (χ3v) is 3.03. The molecule has 2 heterocycles. The molecule has 3 nitrogen and oxygen atoms in total. The summed E-state index contributed by atoms with van der Waals surface area (Å²) in [5.41, 5.74) is 0. The highest BCUT2D eigenvalue weighted by molar-refractivity contribution is 5.73. The van der Waals surface area contributed by atoms with Crippen LogP contribution in [0, 0.1) is 0 Å². The molecule has 2 saturated heterocycles. The van der Waals surface area contributed by atoms with Crippen molar-refractivity contribution in [3.63, 3.8) is 0 Å². The summed E-state index contributed by atoms with van der Waals surface area (Å²) in [6.45, 7) is 5.91. The summed E-state index contributed by atoms with van der Waals surface area (Å²) in [6, 6.07) is 0.669. The maximum absolute atomic E-state index is 11.1. The fourth-order valence-electron chi connectivity index (χ4n) is 2.28. The van der Waals surface area contributed by atoms with Crippen molar-refractivity contribution < 1.29 is 4.79 Å². The molecule has 12 heavy (non-hydrogen) atoms. The minimum absolute atomic E-state index is 0.238. The molecule has 0 bridgehead atoms. The molecule has 0 aromatic rings. The summed E-state index contributed by atoms with van der Waals surface area (Å²) in [6.07, 6.45) is 2.60. The molecular formula is C9H16N2O. The molecule has 2 rings (SSSR count). The number of hydrogen-bond acceptors (Lipinski definition) is 2. The SMILES string of the molecule is CC(=O)N1CCN2CCCC2C1. The van der Waals surface area contributed by atoms with Crippen molar-refractivity contribution in [3.8, 4) is 0 Å². The molecule has 0 aliphatic carbocycles. The van der Waals surface area contributed by atoms with Crippen molar-refractivity contribution in [1.82, 2.24) is 9.80 Å². The Morgan fingerprint density at radius 1 is 1.33 bits per heavy atom. The lowest BCUT2D eigenvalue weighted by Gasteiger charge is -2.36. The Labute approximate surface area is 73.3 Å². The Morgan fingerprint density at radius 3 is 2.92 bits per heavy atom. The van der Waals surface area contributed by atoms with Gasteiger partial charge in [-0.2, -0.15) is 0 Å². The molecule has 2 fully saturated rings. The van der Waals surface area contributed by atoms with E-state index in [2.05, 4.69) is 4.90 Å². The van der Waals surface area contributed by atoms with Gasteiger partial charge in [0.2, 0.25) is 5.91 Å². The van der Waals surface area contributed by atoms with Gasteiger partial charge in [-0.1, -0.05) is 0 Å². The molecule has 3 heteroatoms. The number of amides is 1. The van der Waals surface area contributed by atoms with Crippen molar-refractivity contribution in [3.05, 3.63) is 0 Å².